The first-order valence-electron chi connectivity index (χ1n) is 22.0. The summed E-state index contributed by atoms with van der Waals surface area (Å²) in [4.78, 5) is 36.7. The molecule has 1 aliphatic carbocycles. The van der Waals surface area contributed by atoms with Crippen molar-refractivity contribution in [3.63, 3.8) is 0 Å². The predicted octanol–water partition coefficient (Wildman–Crippen LogP) is 14.0. The van der Waals surface area contributed by atoms with Crippen LogP contribution < -0.4 is 0 Å². The highest BCUT2D eigenvalue weighted by Crippen LogP contribution is 2.44. The Labute approximate surface area is 376 Å². The van der Waals surface area contributed by atoms with E-state index in [9.17, 15) is 9.59 Å². The summed E-state index contributed by atoms with van der Waals surface area (Å²) < 4.78 is 19.7. The molecular formula is C51H72N2O5S2Si. The molecule has 0 spiro atoms. The summed E-state index contributed by atoms with van der Waals surface area (Å²) >= 11 is 2.92. The molecule has 3 heterocycles. The van der Waals surface area contributed by atoms with Crippen molar-refractivity contribution < 1.29 is 23.5 Å². The summed E-state index contributed by atoms with van der Waals surface area (Å²) in [7, 11) is -2.17. The van der Waals surface area contributed by atoms with Crippen molar-refractivity contribution in [3.8, 4) is 0 Å². The fourth-order valence-electron chi connectivity index (χ4n) is 6.87. The number of carbonyl (C=O) groups excluding carboxylic acids is 2. The Morgan fingerprint density at radius 1 is 0.754 bits per heavy atom. The molecule has 7 nitrogen and oxygen atoms in total. The van der Waals surface area contributed by atoms with Crippen LogP contribution in [0.5, 0.6) is 0 Å². The summed E-state index contributed by atoms with van der Waals surface area (Å²) in [5, 5.41) is 5.26. The van der Waals surface area contributed by atoms with E-state index < -0.39 is 31.8 Å². The molecule has 61 heavy (non-hydrogen) atoms. The highest BCUT2D eigenvalue weighted by Gasteiger charge is 2.46. The van der Waals surface area contributed by atoms with Gasteiger partial charge in [0.15, 0.2) is 19.7 Å². The Bertz CT molecular complexity index is 2000. The Balaban J connectivity index is 1.61. The minimum Gasteiger partial charge on any atom is -0.457 e. The second-order valence-corrected chi connectivity index (χ2v) is 25.9. The van der Waals surface area contributed by atoms with E-state index in [4.69, 9.17) is 18.9 Å². The molecule has 10 heteroatoms. The first kappa shape index (κ1) is 49.9. The predicted molar refractivity (Wildman–Crippen MR) is 259 cm³/mol. The second-order valence-electron chi connectivity index (χ2n) is 19.4. The van der Waals surface area contributed by atoms with E-state index in [1.807, 2.05) is 67.8 Å². The lowest BCUT2D eigenvalue weighted by atomic mass is 9.74. The molecule has 0 unspecified atom stereocenters. The van der Waals surface area contributed by atoms with Crippen LogP contribution in [0.2, 0.25) is 18.1 Å². The lowest BCUT2D eigenvalue weighted by Gasteiger charge is -2.45. The maximum Gasteiger partial charge on any atom is 0.358 e. The van der Waals surface area contributed by atoms with Crippen molar-refractivity contribution in [1.29, 1.82) is 0 Å². The molecule has 0 N–H and O–H groups in total. The van der Waals surface area contributed by atoms with E-state index in [0.717, 1.165) is 16.4 Å². The lowest BCUT2D eigenvalue weighted by Crippen LogP contribution is -2.51. The zero-order valence-electron chi connectivity index (χ0n) is 39.0. The van der Waals surface area contributed by atoms with E-state index in [1.165, 1.54) is 22.7 Å². The maximum absolute atomic E-state index is 13.9. The van der Waals surface area contributed by atoms with Crippen molar-refractivity contribution in [2.45, 2.75) is 138 Å². The first-order chi connectivity index (χ1) is 28.7. The Hall–Kier alpha value is -3.70. The van der Waals surface area contributed by atoms with Gasteiger partial charge in [-0.15, -0.1) is 22.7 Å². The van der Waals surface area contributed by atoms with Crippen molar-refractivity contribution in [1.82, 2.24) is 9.97 Å². The average Bonchev–Trinajstić information content (AvgIpc) is 3.49. The molecule has 7 atom stereocenters. The number of cyclic esters (lactones) is 2. The highest BCUT2D eigenvalue weighted by molar-refractivity contribution is 7.10. The molecule has 1 aliphatic heterocycles. The van der Waals surface area contributed by atoms with E-state index in [1.54, 1.807) is 5.38 Å². The third kappa shape index (κ3) is 14.4. The van der Waals surface area contributed by atoms with Gasteiger partial charge in [0.2, 0.25) is 0 Å². The van der Waals surface area contributed by atoms with Gasteiger partial charge in [0.1, 0.15) is 17.2 Å². The van der Waals surface area contributed by atoms with Crippen molar-refractivity contribution in [3.05, 3.63) is 123 Å². The van der Waals surface area contributed by atoms with Gasteiger partial charge >= 0.3 is 11.9 Å². The van der Waals surface area contributed by atoms with Crippen LogP contribution in [0.1, 0.15) is 126 Å². The molecule has 4 rings (SSSR count). The van der Waals surface area contributed by atoms with Gasteiger partial charge in [-0.3, -0.25) is 0 Å². The van der Waals surface area contributed by atoms with Gasteiger partial charge in [0, 0.05) is 40.9 Å². The second kappa shape index (κ2) is 22.1. The first-order valence-corrected chi connectivity index (χ1v) is 26.6. The zero-order valence-corrected chi connectivity index (χ0v) is 41.6. The van der Waals surface area contributed by atoms with Crippen LogP contribution in [0.15, 0.2) is 102 Å². The van der Waals surface area contributed by atoms with E-state index in [2.05, 4.69) is 129 Å². The molecule has 1 fully saturated rings. The van der Waals surface area contributed by atoms with Crippen molar-refractivity contribution >= 4 is 49.0 Å². The number of fused-ring (bicyclic) bond motifs is 5. The van der Waals surface area contributed by atoms with Gasteiger partial charge in [0.25, 0.3) is 0 Å². The Morgan fingerprint density at radius 3 is 2.02 bits per heavy atom. The zero-order chi connectivity index (χ0) is 45.0. The summed E-state index contributed by atoms with van der Waals surface area (Å²) in [6, 6.07) is 0. The van der Waals surface area contributed by atoms with Gasteiger partial charge in [0.05, 0.1) is 11.1 Å². The molecule has 0 saturated heterocycles. The largest absolute Gasteiger partial charge is 0.457 e. The van der Waals surface area contributed by atoms with Crippen LogP contribution in [-0.2, 0) is 20.3 Å². The van der Waals surface area contributed by atoms with Crippen LogP contribution in [-0.4, -0.2) is 48.5 Å². The minimum atomic E-state index is -2.17. The van der Waals surface area contributed by atoms with Gasteiger partial charge in [-0.2, -0.15) is 0 Å². The third-order valence-electron chi connectivity index (χ3n) is 12.7. The molecular weight excluding hydrogens is 813 g/mol. The average molecular weight is 885 g/mol. The molecule has 2 aromatic rings. The number of rotatable bonds is 8. The number of thiazole rings is 2. The molecule has 332 valence electrons. The molecule has 2 aromatic heterocycles. The van der Waals surface area contributed by atoms with Crippen LogP contribution in [0.25, 0.3) is 6.08 Å². The number of allylic oxidation sites excluding steroid dienone is 12. The number of carbonyl (C=O) groups is 2. The van der Waals surface area contributed by atoms with Crippen molar-refractivity contribution in [2.24, 2.45) is 34.5 Å². The fraction of sp³-hybridized carbons (Fsp3) is 0.529. The lowest BCUT2D eigenvalue weighted by molar-refractivity contribution is -0.0420. The quantitative estimate of drug-likeness (QED) is 0.148. The van der Waals surface area contributed by atoms with Gasteiger partial charge in [-0.1, -0.05) is 153 Å². The number of hydrogen-bond donors (Lipinski definition) is 0. The molecule has 4 bridgehead atoms. The third-order valence-corrected chi connectivity index (χ3v) is 18.9. The number of esters is 2. The number of hydrogen-bond acceptors (Lipinski definition) is 9. The SMILES string of the molecule is C/C=C/[C@H](O[Si](C)(C)C(C)(C)C)C(C)(C)[C@@H]1C/C=C\[C@H]2C[C@H]2/C=C/C=C\c2nc(cs2)C(=O)O[C@H](C(C)(C)[C@@H](C)/C=C/C)C\C=C/C=C\C=C\[C@H](C)Cc2nc(cs2)C(=O)O1. The normalized spacial score (nSPS) is 27.3. The molecule has 0 radical (unpaired) electrons. The Morgan fingerprint density at radius 2 is 1.34 bits per heavy atom. The topological polar surface area (TPSA) is 87.6 Å². The van der Waals surface area contributed by atoms with Gasteiger partial charge in [-0.25, -0.2) is 19.6 Å². The maximum atomic E-state index is 13.9. The van der Waals surface area contributed by atoms with Gasteiger partial charge in [-0.05, 0) is 68.1 Å². The van der Waals surface area contributed by atoms with E-state index in [-0.39, 0.29) is 34.5 Å². The van der Waals surface area contributed by atoms with Crippen LogP contribution in [0, 0.1) is 34.5 Å². The monoisotopic (exact) mass is 884 g/mol. The van der Waals surface area contributed by atoms with Crippen LogP contribution >= 0.6 is 22.7 Å². The highest BCUT2D eigenvalue weighted by atomic mass is 32.1. The Kier molecular flexibility index (Phi) is 18.1. The van der Waals surface area contributed by atoms with E-state index in [0.29, 0.717) is 42.5 Å². The summed E-state index contributed by atoms with van der Waals surface area (Å²) in [6.07, 6.45) is 35.1. The smallest absolute Gasteiger partial charge is 0.358 e. The standard InChI is InChI=1S/C51H72N2O5S2Si/c1-14-24-37(4)50(8,9)42-29-20-18-16-17-19-26-36(3)32-46-53-41(35-60-46)48(55)57-43(51(10,11)44(25-15-2)58-61(12,13)49(5,6)7)30-23-28-39-33-38(39)27-21-22-31-45-52-40(34-59-45)47(54)56-42/h14-28,31,34-39,42-44H,29-30,32-33H2,1-13H3/b17-16-,20-18-,24-14+,25-15+,26-19+,27-21+,28-23-,31-22-/t36-,37-,38+,39-,42-,43-,44-/m0/s1. The van der Waals surface area contributed by atoms with Crippen LogP contribution in [0.4, 0.5) is 0 Å². The molecule has 1 saturated carbocycles. The van der Waals surface area contributed by atoms with Crippen LogP contribution in [0.3, 0.4) is 0 Å². The summed E-state index contributed by atoms with van der Waals surface area (Å²) in [5.41, 5.74) is -0.179. The summed E-state index contributed by atoms with van der Waals surface area (Å²) in [6.45, 7) is 28.2. The van der Waals surface area contributed by atoms with Gasteiger partial charge < -0.3 is 13.9 Å². The summed E-state index contributed by atoms with van der Waals surface area (Å²) in [5.74, 6) is 0.423. The number of nitrogens with zero attached hydrogens (tertiary/aromatic N) is 2. The fourth-order valence-corrected chi connectivity index (χ4v) is 9.84. The van der Waals surface area contributed by atoms with E-state index >= 15 is 0 Å². The molecule has 0 amide bonds. The minimum absolute atomic E-state index is 0.0198. The molecule has 0 aromatic carbocycles. The van der Waals surface area contributed by atoms with Crippen molar-refractivity contribution in [2.75, 3.05) is 0 Å². The number of ether oxygens (including phenoxy) is 2. The molecule has 2 aliphatic rings. The number of aromatic nitrogens is 2.